The fraction of sp³-hybridized carbons (Fsp3) is 0.674. The molecule has 0 radical (unpaired) electrons. The van der Waals surface area contributed by atoms with Crippen LogP contribution in [0.4, 0.5) is 0 Å². The zero-order valence-corrected chi connectivity index (χ0v) is 31.6. The van der Waals surface area contributed by atoms with Crippen molar-refractivity contribution in [3.63, 3.8) is 0 Å². The van der Waals surface area contributed by atoms with E-state index in [1.54, 1.807) is 0 Å². The number of hydrogen-bond donors (Lipinski definition) is 1. The molecule has 0 heterocycles. The van der Waals surface area contributed by atoms with Crippen molar-refractivity contribution >= 4 is 11.8 Å². The first-order valence-electron chi connectivity index (χ1n) is 19.0. The van der Waals surface area contributed by atoms with Crippen molar-refractivity contribution in [1.82, 2.24) is 4.90 Å². The summed E-state index contributed by atoms with van der Waals surface area (Å²) < 4.78 is 5.67. The van der Waals surface area contributed by atoms with Crippen LogP contribution in [-0.2, 0) is 14.3 Å². The molecule has 0 saturated heterocycles. The maximum absolute atomic E-state index is 13.0. The SMILES string of the molecule is CC(C)=CCC/C(C)=C/CCC1=CCC(C(=O)CCCN(CCO)CCOC(=O)C2CC=C(CC/C=C(\C)CCC=C(C)C)CC2)CC1. The first kappa shape index (κ1) is 41.7. The monoisotopic (exact) mass is 664 g/mol. The quantitative estimate of drug-likeness (QED) is 0.0870. The Morgan fingerprint density at radius 2 is 1.27 bits per heavy atom. The average molecular weight is 664 g/mol. The number of ketones is 1. The Kier molecular flexibility index (Phi) is 21.4. The van der Waals surface area contributed by atoms with Gasteiger partial charge in [-0.3, -0.25) is 14.5 Å². The molecule has 0 aromatic rings. The predicted molar refractivity (Wildman–Crippen MR) is 203 cm³/mol. The molecule has 0 saturated carbocycles. The minimum atomic E-state index is -0.102. The number of hydrogen-bond acceptors (Lipinski definition) is 5. The van der Waals surface area contributed by atoms with Gasteiger partial charge in [0.25, 0.3) is 0 Å². The second-order valence-electron chi connectivity index (χ2n) is 14.8. The number of rotatable bonds is 23. The van der Waals surface area contributed by atoms with Gasteiger partial charge in [0.1, 0.15) is 12.4 Å². The highest BCUT2D eigenvalue weighted by Crippen LogP contribution is 2.29. The molecule has 2 rings (SSSR count). The molecule has 0 aromatic heterocycles. The van der Waals surface area contributed by atoms with Gasteiger partial charge in [0.15, 0.2) is 0 Å². The topological polar surface area (TPSA) is 66.8 Å². The first-order chi connectivity index (χ1) is 23.1. The van der Waals surface area contributed by atoms with Crippen LogP contribution in [-0.4, -0.2) is 54.6 Å². The number of nitrogens with zero attached hydrogens (tertiary/aromatic N) is 1. The van der Waals surface area contributed by atoms with E-state index in [0.29, 0.717) is 31.9 Å². The zero-order chi connectivity index (χ0) is 35.1. The van der Waals surface area contributed by atoms with Gasteiger partial charge >= 0.3 is 5.97 Å². The molecule has 0 amide bonds. The molecule has 0 aromatic carbocycles. The number of allylic oxidation sites excluding steroid dienone is 12. The normalized spacial score (nSPS) is 18.7. The molecule has 5 nitrogen and oxygen atoms in total. The maximum atomic E-state index is 13.0. The van der Waals surface area contributed by atoms with Crippen molar-refractivity contribution in [2.75, 3.05) is 32.8 Å². The summed E-state index contributed by atoms with van der Waals surface area (Å²) in [5, 5.41) is 9.57. The fourth-order valence-corrected chi connectivity index (χ4v) is 6.68. The Morgan fingerprint density at radius 1 is 0.729 bits per heavy atom. The van der Waals surface area contributed by atoms with E-state index in [0.717, 1.165) is 103 Å². The van der Waals surface area contributed by atoms with Crippen molar-refractivity contribution in [3.8, 4) is 0 Å². The van der Waals surface area contributed by atoms with E-state index >= 15 is 0 Å². The van der Waals surface area contributed by atoms with E-state index in [2.05, 4.69) is 82.9 Å². The van der Waals surface area contributed by atoms with Crippen LogP contribution in [0.5, 0.6) is 0 Å². The van der Waals surface area contributed by atoms with Gasteiger partial charge in [-0.2, -0.15) is 0 Å². The van der Waals surface area contributed by atoms with Gasteiger partial charge < -0.3 is 9.84 Å². The molecule has 2 unspecified atom stereocenters. The van der Waals surface area contributed by atoms with Crippen molar-refractivity contribution in [3.05, 3.63) is 69.9 Å². The van der Waals surface area contributed by atoms with Gasteiger partial charge in [-0.05, 0) is 144 Å². The Bertz CT molecular complexity index is 1070. The molecule has 5 heteroatoms. The summed E-state index contributed by atoms with van der Waals surface area (Å²) in [6.07, 6.45) is 29.6. The zero-order valence-electron chi connectivity index (χ0n) is 31.6. The van der Waals surface area contributed by atoms with E-state index in [9.17, 15) is 14.7 Å². The summed E-state index contributed by atoms with van der Waals surface area (Å²) in [6.45, 7) is 15.3. The lowest BCUT2D eigenvalue weighted by atomic mass is 9.84. The number of carbonyl (C=O) groups excluding carboxylic acids is 2. The summed E-state index contributed by atoms with van der Waals surface area (Å²) in [6, 6.07) is 0. The van der Waals surface area contributed by atoms with Gasteiger partial charge in [-0.15, -0.1) is 0 Å². The third-order valence-electron chi connectivity index (χ3n) is 9.86. The third kappa shape index (κ3) is 18.9. The van der Waals surface area contributed by atoms with Crippen LogP contribution >= 0.6 is 0 Å². The highest BCUT2D eigenvalue weighted by Gasteiger charge is 2.23. The molecule has 0 bridgehead atoms. The van der Waals surface area contributed by atoms with Gasteiger partial charge in [0, 0.05) is 25.4 Å². The Morgan fingerprint density at radius 3 is 1.75 bits per heavy atom. The number of ether oxygens (including phenoxy) is 1. The highest BCUT2D eigenvalue weighted by atomic mass is 16.5. The molecular formula is C43H69NO4. The summed E-state index contributed by atoms with van der Waals surface area (Å²) in [4.78, 5) is 27.8. The minimum absolute atomic E-state index is 0.0535. The van der Waals surface area contributed by atoms with E-state index in [1.165, 1.54) is 33.4 Å². The van der Waals surface area contributed by atoms with Gasteiger partial charge in [0.2, 0.25) is 0 Å². The van der Waals surface area contributed by atoms with Gasteiger partial charge in [0.05, 0.1) is 12.5 Å². The molecule has 48 heavy (non-hydrogen) atoms. The summed E-state index contributed by atoms with van der Waals surface area (Å²) >= 11 is 0. The smallest absolute Gasteiger partial charge is 0.309 e. The Labute approximate surface area is 294 Å². The predicted octanol–water partition coefficient (Wildman–Crippen LogP) is 10.6. The van der Waals surface area contributed by atoms with E-state index in [-0.39, 0.29) is 24.4 Å². The van der Waals surface area contributed by atoms with Crippen molar-refractivity contribution in [1.29, 1.82) is 0 Å². The van der Waals surface area contributed by atoms with E-state index in [4.69, 9.17) is 4.74 Å². The Hall–Kier alpha value is -2.50. The largest absolute Gasteiger partial charge is 0.464 e. The number of Topliss-reactive ketones (excluding diaryl/α,β-unsaturated/α-hetero) is 1. The molecule has 0 spiro atoms. The summed E-state index contributed by atoms with van der Waals surface area (Å²) in [5.41, 5.74) is 8.66. The van der Waals surface area contributed by atoms with Crippen molar-refractivity contribution in [2.24, 2.45) is 11.8 Å². The van der Waals surface area contributed by atoms with Crippen molar-refractivity contribution < 1.29 is 19.4 Å². The third-order valence-corrected chi connectivity index (χ3v) is 9.86. The molecule has 1 N–H and O–H groups in total. The van der Waals surface area contributed by atoms with Crippen LogP contribution in [0.3, 0.4) is 0 Å². The maximum Gasteiger partial charge on any atom is 0.309 e. The fourth-order valence-electron chi connectivity index (χ4n) is 6.68. The molecule has 270 valence electrons. The number of carbonyl (C=O) groups is 2. The lowest BCUT2D eigenvalue weighted by Gasteiger charge is -2.24. The summed E-state index contributed by atoms with van der Waals surface area (Å²) in [7, 11) is 0. The van der Waals surface area contributed by atoms with Crippen LogP contribution in [0, 0.1) is 11.8 Å². The van der Waals surface area contributed by atoms with E-state index < -0.39 is 0 Å². The number of esters is 1. The van der Waals surface area contributed by atoms with Crippen LogP contribution in [0.1, 0.15) is 144 Å². The highest BCUT2D eigenvalue weighted by molar-refractivity contribution is 5.81. The Balaban J connectivity index is 1.62. The van der Waals surface area contributed by atoms with Crippen LogP contribution < -0.4 is 0 Å². The average Bonchev–Trinajstić information content (AvgIpc) is 3.05. The molecular weight excluding hydrogens is 594 g/mol. The van der Waals surface area contributed by atoms with Crippen molar-refractivity contribution in [2.45, 2.75) is 144 Å². The van der Waals surface area contributed by atoms with Gasteiger partial charge in [-0.1, -0.05) is 69.9 Å². The second-order valence-corrected chi connectivity index (χ2v) is 14.8. The van der Waals surface area contributed by atoms with Gasteiger partial charge in [-0.25, -0.2) is 0 Å². The lowest BCUT2D eigenvalue weighted by molar-refractivity contribution is -0.149. The lowest BCUT2D eigenvalue weighted by Crippen LogP contribution is -2.33. The number of aliphatic hydroxyl groups excluding tert-OH is 1. The first-order valence-corrected chi connectivity index (χ1v) is 19.0. The molecule has 2 aliphatic rings. The second kappa shape index (κ2) is 24.6. The van der Waals surface area contributed by atoms with E-state index in [1.807, 2.05) is 0 Å². The van der Waals surface area contributed by atoms with Crippen LogP contribution in [0.2, 0.25) is 0 Å². The molecule has 2 atom stereocenters. The molecule has 0 fully saturated rings. The molecule has 0 aliphatic heterocycles. The van der Waals surface area contributed by atoms with Crippen LogP contribution in [0.25, 0.3) is 0 Å². The number of aliphatic hydroxyl groups is 1. The molecule has 2 aliphatic carbocycles. The minimum Gasteiger partial charge on any atom is -0.464 e. The van der Waals surface area contributed by atoms with Crippen LogP contribution in [0.15, 0.2) is 69.9 Å². The summed E-state index contributed by atoms with van der Waals surface area (Å²) in [5.74, 6) is 0.355. The standard InChI is InChI=1S/C43H69NO4/c1-34(2)12-7-14-36(5)16-9-18-38-21-25-40(26-22-38)42(46)20-11-29-44(30-32-45)31-33-48-43(47)41-27-23-39(24-28-41)19-10-17-37(6)15-8-13-35(3)4/h12-13,16-17,21,23,40-41,45H,7-11,14-15,18-20,22,24-33H2,1-6H3/b36-16+,37-17+.